The fourth-order valence-corrected chi connectivity index (χ4v) is 3.37. The number of aromatic amines is 2. The number of benzene rings is 2. The average molecular weight is 427 g/mol. The van der Waals surface area contributed by atoms with E-state index in [1.807, 2.05) is 0 Å². The van der Waals surface area contributed by atoms with Crippen molar-refractivity contribution in [2.75, 3.05) is 7.11 Å². The van der Waals surface area contributed by atoms with E-state index in [1.165, 1.54) is 19.4 Å². The summed E-state index contributed by atoms with van der Waals surface area (Å²) in [7, 11) is 1.42. The predicted octanol–water partition coefficient (Wildman–Crippen LogP) is 1.16. The van der Waals surface area contributed by atoms with Crippen LogP contribution in [0.1, 0.15) is 16.4 Å². The largest absolute Gasteiger partial charge is 0.504 e. The Morgan fingerprint density at radius 3 is 2.73 bits per heavy atom. The van der Waals surface area contributed by atoms with E-state index in [-0.39, 0.29) is 16.5 Å². The van der Waals surface area contributed by atoms with E-state index in [4.69, 9.17) is 4.74 Å². The van der Waals surface area contributed by atoms with Crippen molar-refractivity contribution >= 4 is 23.9 Å². The Morgan fingerprint density at radius 1 is 1.27 bits per heavy atom. The van der Waals surface area contributed by atoms with E-state index in [1.54, 1.807) is 42.5 Å². The van der Waals surface area contributed by atoms with Gasteiger partial charge in [0.05, 0.1) is 13.3 Å². The molecule has 0 bridgehead atoms. The third-order valence-corrected chi connectivity index (χ3v) is 5.06. The molecular formula is C19H17N5O5S. The van der Waals surface area contributed by atoms with Crippen molar-refractivity contribution < 1.29 is 14.6 Å². The molecule has 10 nitrogen and oxygen atoms in total. The number of H-pyrrole nitrogens is 2. The summed E-state index contributed by atoms with van der Waals surface area (Å²) in [5.74, 6) is -0.246. The number of phenols is 1. The maximum absolute atomic E-state index is 12.8. The molecule has 1 amide bonds. The molecule has 11 heteroatoms. The van der Waals surface area contributed by atoms with E-state index in [0.29, 0.717) is 11.1 Å². The number of rotatable bonds is 7. The second kappa shape index (κ2) is 9.56. The topological polar surface area (TPSA) is 150 Å². The lowest BCUT2D eigenvalue weighted by molar-refractivity contribution is -0.120. The molecule has 0 spiro atoms. The summed E-state index contributed by atoms with van der Waals surface area (Å²) in [6.07, 6.45) is 1.39. The van der Waals surface area contributed by atoms with Gasteiger partial charge >= 0.3 is 5.69 Å². The summed E-state index contributed by atoms with van der Waals surface area (Å²) < 4.78 is 5.03. The lowest BCUT2D eigenvalue weighted by atomic mass is 10.1. The second-order valence-corrected chi connectivity index (χ2v) is 6.98. The van der Waals surface area contributed by atoms with Crippen molar-refractivity contribution in [1.82, 2.24) is 20.6 Å². The highest BCUT2D eigenvalue weighted by Crippen LogP contribution is 2.32. The van der Waals surface area contributed by atoms with Crippen LogP contribution in [0.3, 0.4) is 0 Å². The highest BCUT2D eigenvalue weighted by Gasteiger charge is 2.24. The van der Waals surface area contributed by atoms with Crippen molar-refractivity contribution in [2.24, 2.45) is 5.10 Å². The van der Waals surface area contributed by atoms with Crippen molar-refractivity contribution in [3.63, 3.8) is 0 Å². The molecule has 0 saturated heterocycles. The molecule has 1 heterocycles. The Bertz CT molecular complexity index is 1180. The smallest absolute Gasteiger partial charge is 0.342 e. The average Bonchev–Trinajstić information content (AvgIpc) is 2.75. The number of ether oxygens (including phenoxy) is 1. The molecule has 3 rings (SSSR count). The number of hydrogen-bond donors (Lipinski definition) is 4. The molecule has 0 aliphatic rings. The standard InChI is InChI=1S/C19H17N5O5S/c1-29-14-9-11(7-8-13(14)25)10-20-22-16(26)15(12-5-3-2-4-6-12)30-18-17(27)21-19(28)24-23-18/h2-10,15,25H,1H3,(H,22,26)(H2,21,24,27,28)/b20-10-. The van der Waals surface area contributed by atoms with Crippen LogP contribution in [-0.2, 0) is 4.79 Å². The first-order valence-electron chi connectivity index (χ1n) is 8.58. The van der Waals surface area contributed by atoms with E-state index in [2.05, 4.69) is 25.7 Å². The van der Waals surface area contributed by atoms with Gasteiger partial charge in [-0.25, -0.2) is 15.3 Å². The van der Waals surface area contributed by atoms with Gasteiger partial charge in [0.2, 0.25) is 0 Å². The van der Waals surface area contributed by atoms with Crippen molar-refractivity contribution in [3.8, 4) is 11.5 Å². The van der Waals surface area contributed by atoms with E-state index >= 15 is 0 Å². The molecule has 0 aliphatic heterocycles. The molecular weight excluding hydrogens is 410 g/mol. The van der Waals surface area contributed by atoms with Gasteiger partial charge < -0.3 is 9.84 Å². The van der Waals surface area contributed by atoms with Crippen molar-refractivity contribution in [2.45, 2.75) is 10.3 Å². The molecule has 0 fully saturated rings. The number of aromatic nitrogens is 3. The zero-order valence-corrected chi connectivity index (χ0v) is 16.5. The number of methoxy groups -OCH3 is 1. The van der Waals surface area contributed by atoms with Crippen LogP contribution >= 0.6 is 11.8 Å². The number of nitrogens with zero attached hydrogens (tertiary/aromatic N) is 2. The lowest BCUT2D eigenvalue weighted by Crippen LogP contribution is -2.28. The van der Waals surface area contributed by atoms with Gasteiger partial charge in [0, 0.05) is 0 Å². The lowest BCUT2D eigenvalue weighted by Gasteiger charge is -2.14. The monoisotopic (exact) mass is 427 g/mol. The summed E-state index contributed by atoms with van der Waals surface area (Å²) >= 11 is 0.876. The number of hydrogen-bond acceptors (Lipinski definition) is 8. The Hall–Kier alpha value is -3.86. The first-order chi connectivity index (χ1) is 14.5. The van der Waals surface area contributed by atoms with Gasteiger partial charge in [-0.3, -0.25) is 14.6 Å². The van der Waals surface area contributed by atoms with E-state index in [0.717, 1.165) is 11.8 Å². The molecule has 0 radical (unpaired) electrons. The number of carbonyl (C=O) groups is 1. The van der Waals surface area contributed by atoms with Crippen LogP contribution in [0, 0.1) is 0 Å². The Balaban J connectivity index is 1.80. The SMILES string of the molecule is COc1cc(/C=N\NC(=O)C(Sc2n[nH]c(=O)[nH]c2=O)c2ccccc2)ccc1O. The number of hydrazone groups is 1. The van der Waals surface area contributed by atoms with Crippen LogP contribution in [0.4, 0.5) is 0 Å². The van der Waals surface area contributed by atoms with Gasteiger partial charge in [0.25, 0.3) is 11.5 Å². The summed E-state index contributed by atoms with van der Waals surface area (Å²) in [6.45, 7) is 0. The maximum atomic E-state index is 12.8. The molecule has 0 aliphatic carbocycles. The van der Waals surface area contributed by atoms with Crippen LogP contribution in [-0.4, -0.2) is 39.5 Å². The minimum Gasteiger partial charge on any atom is -0.504 e. The number of phenolic OH excluding ortho intramolecular Hbond substituents is 1. The molecule has 154 valence electrons. The zero-order chi connectivity index (χ0) is 21.5. The van der Waals surface area contributed by atoms with Crippen LogP contribution in [0.5, 0.6) is 11.5 Å². The Kier molecular flexibility index (Phi) is 6.65. The van der Waals surface area contributed by atoms with Crippen LogP contribution < -0.4 is 21.4 Å². The third-order valence-electron chi connectivity index (χ3n) is 3.84. The van der Waals surface area contributed by atoms with E-state index in [9.17, 15) is 19.5 Å². The normalized spacial score (nSPS) is 11.9. The third kappa shape index (κ3) is 5.14. The second-order valence-electron chi connectivity index (χ2n) is 5.89. The Morgan fingerprint density at radius 2 is 2.03 bits per heavy atom. The molecule has 30 heavy (non-hydrogen) atoms. The van der Waals surface area contributed by atoms with Gasteiger partial charge in [0.15, 0.2) is 16.5 Å². The van der Waals surface area contributed by atoms with Crippen LogP contribution in [0.15, 0.2) is 68.2 Å². The predicted molar refractivity (Wildman–Crippen MR) is 111 cm³/mol. The van der Waals surface area contributed by atoms with Gasteiger partial charge in [-0.05, 0) is 29.3 Å². The first-order valence-corrected chi connectivity index (χ1v) is 9.46. The number of carbonyl (C=O) groups excluding carboxylic acids is 1. The highest BCUT2D eigenvalue weighted by molar-refractivity contribution is 8.00. The minimum atomic E-state index is -0.850. The van der Waals surface area contributed by atoms with Gasteiger partial charge in [-0.2, -0.15) is 10.2 Å². The highest BCUT2D eigenvalue weighted by atomic mass is 32.2. The minimum absolute atomic E-state index is 0.0159. The van der Waals surface area contributed by atoms with Gasteiger partial charge in [-0.1, -0.05) is 42.1 Å². The van der Waals surface area contributed by atoms with Gasteiger partial charge in [0.1, 0.15) is 5.25 Å². The van der Waals surface area contributed by atoms with Crippen molar-refractivity contribution in [3.05, 3.63) is 80.5 Å². The van der Waals surface area contributed by atoms with E-state index < -0.39 is 22.4 Å². The van der Waals surface area contributed by atoms with Crippen LogP contribution in [0.2, 0.25) is 0 Å². The summed E-state index contributed by atoms with van der Waals surface area (Å²) in [5.41, 5.74) is 2.20. The molecule has 2 aromatic carbocycles. The number of nitrogens with one attached hydrogen (secondary N) is 3. The maximum Gasteiger partial charge on any atom is 0.342 e. The summed E-state index contributed by atoms with van der Waals surface area (Å²) in [4.78, 5) is 38.0. The molecule has 1 unspecified atom stereocenters. The summed E-state index contributed by atoms with van der Waals surface area (Å²) in [5, 5.41) is 18.5. The molecule has 0 saturated carbocycles. The first kappa shape index (κ1) is 20.9. The fourth-order valence-electron chi connectivity index (χ4n) is 2.43. The van der Waals surface area contributed by atoms with Crippen molar-refractivity contribution in [1.29, 1.82) is 0 Å². The Labute approximate surface area is 174 Å². The quantitative estimate of drug-likeness (QED) is 0.251. The number of thioether (sulfide) groups is 1. The number of aromatic hydroxyl groups is 1. The summed E-state index contributed by atoms with van der Waals surface area (Å²) in [6, 6.07) is 13.4. The molecule has 1 aromatic heterocycles. The van der Waals surface area contributed by atoms with Gasteiger partial charge in [-0.15, -0.1) is 0 Å². The fraction of sp³-hybridized carbons (Fsp3) is 0.105. The molecule has 4 N–H and O–H groups in total. The number of amides is 1. The van der Waals surface area contributed by atoms with Crippen LogP contribution in [0.25, 0.3) is 0 Å². The molecule has 1 atom stereocenters. The zero-order valence-electron chi connectivity index (χ0n) is 15.7. The molecule has 3 aromatic rings.